The molecule has 0 aliphatic carbocycles. The van der Waals surface area contributed by atoms with Gasteiger partial charge in [-0.05, 0) is 17.2 Å². The molecule has 2 aromatic carbocycles. The lowest BCUT2D eigenvalue weighted by Crippen LogP contribution is -2.34. The molecule has 24 heavy (non-hydrogen) atoms. The zero-order chi connectivity index (χ0) is 16.8. The number of para-hydroxylation sites is 1. The molecule has 1 aliphatic heterocycles. The molecule has 3 nitrogen and oxygen atoms in total. The van der Waals surface area contributed by atoms with Crippen LogP contribution in [0.25, 0.3) is 0 Å². The highest BCUT2D eigenvalue weighted by Crippen LogP contribution is 2.28. The molecule has 1 unspecified atom stereocenters. The Morgan fingerprint density at radius 1 is 1.08 bits per heavy atom. The first-order valence-corrected chi connectivity index (χ1v) is 8.69. The van der Waals surface area contributed by atoms with Gasteiger partial charge in [0, 0.05) is 24.9 Å². The molecule has 0 radical (unpaired) electrons. The first kappa shape index (κ1) is 17.0. The number of hydrogen-bond donors (Lipinski definition) is 1. The Hall–Kier alpha value is -1.84. The average molecular weight is 325 g/mol. The van der Waals surface area contributed by atoms with Crippen molar-refractivity contribution in [1.82, 2.24) is 5.32 Å². The number of rotatable bonds is 8. The lowest BCUT2D eigenvalue weighted by molar-refractivity contribution is 0.0182. The molecule has 0 saturated carbocycles. The maximum Gasteiger partial charge on any atom is 0.126 e. The van der Waals surface area contributed by atoms with Crippen molar-refractivity contribution in [2.75, 3.05) is 19.8 Å². The second kappa shape index (κ2) is 7.82. The zero-order valence-electron chi connectivity index (χ0n) is 14.6. The van der Waals surface area contributed by atoms with Gasteiger partial charge in [-0.1, -0.05) is 62.4 Å². The minimum absolute atomic E-state index is 0.0975. The molecule has 1 atom stereocenters. The van der Waals surface area contributed by atoms with E-state index in [0.717, 1.165) is 31.9 Å². The second-order valence-corrected chi connectivity index (χ2v) is 7.32. The van der Waals surface area contributed by atoms with E-state index in [1.165, 1.54) is 11.1 Å². The van der Waals surface area contributed by atoms with Crippen molar-refractivity contribution in [1.29, 1.82) is 0 Å². The van der Waals surface area contributed by atoms with E-state index in [0.29, 0.717) is 6.61 Å². The molecular weight excluding hydrogens is 298 g/mol. The predicted octanol–water partition coefficient (Wildman–Crippen LogP) is 3.82. The fourth-order valence-electron chi connectivity index (χ4n) is 3.01. The van der Waals surface area contributed by atoms with Gasteiger partial charge >= 0.3 is 0 Å². The summed E-state index contributed by atoms with van der Waals surface area (Å²) in [6.07, 6.45) is 1.10. The van der Waals surface area contributed by atoms with Crippen LogP contribution in [0.5, 0.6) is 5.75 Å². The summed E-state index contributed by atoms with van der Waals surface area (Å²) in [4.78, 5) is 0. The van der Waals surface area contributed by atoms with E-state index in [4.69, 9.17) is 9.47 Å². The van der Waals surface area contributed by atoms with E-state index in [1.807, 2.05) is 18.2 Å². The Morgan fingerprint density at radius 2 is 1.83 bits per heavy atom. The fourth-order valence-corrected chi connectivity index (χ4v) is 3.01. The lowest BCUT2D eigenvalue weighted by atomic mass is 9.94. The largest absolute Gasteiger partial charge is 0.487 e. The van der Waals surface area contributed by atoms with Gasteiger partial charge in [-0.2, -0.15) is 0 Å². The molecular formula is C21H27NO2. The molecule has 1 heterocycles. The molecule has 0 spiro atoms. The molecule has 0 fully saturated rings. The van der Waals surface area contributed by atoms with Crippen molar-refractivity contribution in [2.45, 2.75) is 32.9 Å². The summed E-state index contributed by atoms with van der Waals surface area (Å²) in [7, 11) is 0. The molecule has 3 heteroatoms. The highest BCUT2D eigenvalue weighted by atomic mass is 16.5. The summed E-state index contributed by atoms with van der Waals surface area (Å²) in [5.74, 6) is 1.01. The fraction of sp³-hybridized carbons (Fsp3) is 0.429. The predicted molar refractivity (Wildman–Crippen MR) is 97.3 cm³/mol. The molecule has 1 aliphatic rings. The van der Waals surface area contributed by atoms with Gasteiger partial charge in [-0.15, -0.1) is 0 Å². The van der Waals surface area contributed by atoms with Crippen LogP contribution in [-0.2, 0) is 17.7 Å². The average Bonchev–Trinajstić information content (AvgIpc) is 2.98. The highest BCUT2D eigenvalue weighted by Gasteiger charge is 2.24. The summed E-state index contributed by atoms with van der Waals surface area (Å²) in [6, 6.07) is 18.7. The highest BCUT2D eigenvalue weighted by molar-refractivity contribution is 5.37. The van der Waals surface area contributed by atoms with Crippen LogP contribution in [0.4, 0.5) is 0 Å². The van der Waals surface area contributed by atoms with Crippen molar-refractivity contribution < 1.29 is 9.47 Å². The summed E-state index contributed by atoms with van der Waals surface area (Å²) in [5, 5.41) is 3.52. The molecule has 0 saturated heterocycles. The molecule has 0 amide bonds. The Kier molecular flexibility index (Phi) is 5.54. The van der Waals surface area contributed by atoms with Crippen LogP contribution in [-0.4, -0.2) is 25.9 Å². The van der Waals surface area contributed by atoms with Gasteiger partial charge in [0.2, 0.25) is 0 Å². The van der Waals surface area contributed by atoms with Crippen LogP contribution in [0.1, 0.15) is 25.0 Å². The van der Waals surface area contributed by atoms with Crippen molar-refractivity contribution in [3.63, 3.8) is 0 Å². The van der Waals surface area contributed by atoms with Crippen LogP contribution in [0.15, 0.2) is 54.6 Å². The van der Waals surface area contributed by atoms with Gasteiger partial charge in [0.25, 0.3) is 0 Å². The minimum atomic E-state index is 0.0975. The van der Waals surface area contributed by atoms with Crippen LogP contribution in [0.3, 0.4) is 0 Å². The Morgan fingerprint density at radius 3 is 2.62 bits per heavy atom. The SMILES string of the molecule is CC(C)(CNCc1ccccc1)COCC1Cc2ccccc2O1. The van der Waals surface area contributed by atoms with E-state index in [1.54, 1.807) is 0 Å². The molecule has 2 aromatic rings. The minimum Gasteiger partial charge on any atom is -0.487 e. The van der Waals surface area contributed by atoms with Gasteiger partial charge < -0.3 is 14.8 Å². The van der Waals surface area contributed by atoms with Crippen LogP contribution in [0, 0.1) is 5.41 Å². The van der Waals surface area contributed by atoms with Gasteiger partial charge in [0.15, 0.2) is 0 Å². The van der Waals surface area contributed by atoms with Gasteiger partial charge in [0.1, 0.15) is 11.9 Å². The Bertz CT molecular complexity index is 614. The Labute approximate surface area is 145 Å². The van der Waals surface area contributed by atoms with Gasteiger partial charge in [-0.25, -0.2) is 0 Å². The molecule has 3 rings (SSSR count). The normalized spacial score (nSPS) is 16.7. The number of ether oxygens (including phenoxy) is 2. The van der Waals surface area contributed by atoms with Gasteiger partial charge in [0.05, 0.1) is 13.2 Å². The number of benzene rings is 2. The molecule has 128 valence electrons. The van der Waals surface area contributed by atoms with E-state index >= 15 is 0 Å². The first-order valence-electron chi connectivity index (χ1n) is 8.69. The zero-order valence-corrected chi connectivity index (χ0v) is 14.6. The van der Waals surface area contributed by atoms with E-state index in [9.17, 15) is 0 Å². The number of hydrogen-bond acceptors (Lipinski definition) is 3. The number of nitrogens with one attached hydrogen (secondary N) is 1. The van der Waals surface area contributed by atoms with Crippen LogP contribution in [0.2, 0.25) is 0 Å². The summed E-state index contributed by atoms with van der Waals surface area (Å²) < 4.78 is 11.9. The van der Waals surface area contributed by atoms with Crippen molar-refractivity contribution in [2.24, 2.45) is 5.41 Å². The third-order valence-corrected chi connectivity index (χ3v) is 4.29. The Balaban J connectivity index is 1.35. The summed E-state index contributed by atoms with van der Waals surface area (Å²) in [5.41, 5.74) is 2.70. The first-order chi connectivity index (χ1) is 11.6. The topological polar surface area (TPSA) is 30.5 Å². The molecule has 0 aromatic heterocycles. The monoisotopic (exact) mass is 325 g/mol. The van der Waals surface area contributed by atoms with Crippen LogP contribution >= 0.6 is 0 Å². The van der Waals surface area contributed by atoms with E-state index in [-0.39, 0.29) is 11.5 Å². The van der Waals surface area contributed by atoms with Crippen molar-refractivity contribution in [3.05, 3.63) is 65.7 Å². The van der Waals surface area contributed by atoms with Gasteiger partial charge in [-0.3, -0.25) is 0 Å². The standard InChI is InChI=1S/C21H27NO2/c1-21(2,15-22-13-17-8-4-3-5-9-17)16-23-14-19-12-18-10-6-7-11-20(18)24-19/h3-11,19,22H,12-16H2,1-2H3. The third kappa shape index (κ3) is 4.83. The van der Waals surface area contributed by atoms with Crippen molar-refractivity contribution >= 4 is 0 Å². The quantitative estimate of drug-likeness (QED) is 0.800. The maximum atomic E-state index is 5.95. The van der Waals surface area contributed by atoms with E-state index in [2.05, 4.69) is 55.6 Å². The molecule has 1 N–H and O–H groups in total. The van der Waals surface area contributed by atoms with Crippen LogP contribution < -0.4 is 10.1 Å². The third-order valence-electron chi connectivity index (χ3n) is 4.29. The smallest absolute Gasteiger partial charge is 0.126 e. The summed E-state index contributed by atoms with van der Waals surface area (Å²) >= 11 is 0. The van der Waals surface area contributed by atoms with Crippen molar-refractivity contribution in [3.8, 4) is 5.75 Å². The summed E-state index contributed by atoms with van der Waals surface area (Å²) in [6.45, 7) is 7.66. The molecule has 0 bridgehead atoms. The van der Waals surface area contributed by atoms with E-state index < -0.39 is 0 Å². The second-order valence-electron chi connectivity index (χ2n) is 7.32. The number of fused-ring (bicyclic) bond motifs is 1. The maximum absolute atomic E-state index is 5.95. The lowest BCUT2D eigenvalue weighted by Gasteiger charge is -2.25.